The molecule has 0 unspecified atom stereocenters. The molecule has 0 saturated carbocycles. The van der Waals surface area contributed by atoms with Crippen LogP contribution in [0.1, 0.15) is 23.6 Å². The number of anilines is 1. The van der Waals surface area contributed by atoms with Crippen molar-refractivity contribution in [1.82, 2.24) is 4.90 Å². The Hall–Kier alpha value is -2.35. The zero-order valence-electron chi connectivity index (χ0n) is 13.8. The molecule has 0 spiro atoms. The van der Waals surface area contributed by atoms with Gasteiger partial charge in [0.25, 0.3) is 0 Å². The molecule has 2 aromatic rings. The summed E-state index contributed by atoms with van der Waals surface area (Å²) < 4.78 is 0. The summed E-state index contributed by atoms with van der Waals surface area (Å²) in [7, 11) is 0. The fourth-order valence-corrected chi connectivity index (χ4v) is 2.57. The maximum absolute atomic E-state index is 12.3. The van der Waals surface area contributed by atoms with Gasteiger partial charge in [0.15, 0.2) is 0 Å². The zero-order chi connectivity index (χ0) is 17.5. The van der Waals surface area contributed by atoms with E-state index >= 15 is 0 Å². The van der Waals surface area contributed by atoms with Gasteiger partial charge in [0.05, 0.1) is 18.2 Å². The van der Waals surface area contributed by atoms with Crippen LogP contribution in [0.15, 0.2) is 42.5 Å². The van der Waals surface area contributed by atoms with E-state index in [1.165, 1.54) is 0 Å². The summed E-state index contributed by atoms with van der Waals surface area (Å²) >= 11 is 5.98. The minimum atomic E-state index is -0.0846. The van der Waals surface area contributed by atoms with Gasteiger partial charge in [-0.05, 0) is 48.9 Å². The average molecular weight is 342 g/mol. The fraction of sp³-hybridized carbons (Fsp3) is 0.263. The molecule has 5 heteroatoms. The highest BCUT2D eigenvalue weighted by molar-refractivity contribution is 6.31. The van der Waals surface area contributed by atoms with Crippen LogP contribution in [-0.2, 0) is 11.3 Å². The topological polar surface area (TPSA) is 56.1 Å². The van der Waals surface area contributed by atoms with Gasteiger partial charge in [-0.2, -0.15) is 5.26 Å². The third-order valence-electron chi connectivity index (χ3n) is 3.75. The summed E-state index contributed by atoms with van der Waals surface area (Å²) in [6.45, 7) is 5.56. The van der Waals surface area contributed by atoms with Crippen LogP contribution in [0.2, 0.25) is 5.02 Å². The highest BCUT2D eigenvalue weighted by atomic mass is 35.5. The molecule has 0 aliphatic rings. The van der Waals surface area contributed by atoms with Crippen molar-refractivity contribution < 1.29 is 4.79 Å². The molecule has 0 bridgehead atoms. The number of hydrogen-bond donors (Lipinski definition) is 1. The van der Waals surface area contributed by atoms with Crippen molar-refractivity contribution >= 4 is 23.2 Å². The van der Waals surface area contributed by atoms with Crippen LogP contribution >= 0.6 is 11.6 Å². The van der Waals surface area contributed by atoms with Gasteiger partial charge < -0.3 is 5.32 Å². The zero-order valence-corrected chi connectivity index (χ0v) is 14.6. The van der Waals surface area contributed by atoms with Crippen LogP contribution in [0.5, 0.6) is 0 Å². The van der Waals surface area contributed by atoms with Crippen LogP contribution in [-0.4, -0.2) is 23.9 Å². The number of hydrogen-bond acceptors (Lipinski definition) is 3. The smallest absolute Gasteiger partial charge is 0.238 e. The van der Waals surface area contributed by atoms with E-state index in [2.05, 4.69) is 11.4 Å². The van der Waals surface area contributed by atoms with E-state index < -0.39 is 0 Å². The number of rotatable bonds is 6. The van der Waals surface area contributed by atoms with Gasteiger partial charge in [0.1, 0.15) is 0 Å². The summed E-state index contributed by atoms with van der Waals surface area (Å²) in [6, 6.07) is 15.0. The van der Waals surface area contributed by atoms with Crippen LogP contribution in [0, 0.1) is 18.3 Å². The predicted molar refractivity (Wildman–Crippen MR) is 96.9 cm³/mol. The number of benzene rings is 2. The van der Waals surface area contributed by atoms with Gasteiger partial charge in [-0.25, -0.2) is 0 Å². The summed E-state index contributed by atoms with van der Waals surface area (Å²) in [5.74, 6) is -0.0846. The Balaban J connectivity index is 2.00. The second-order valence-corrected chi connectivity index (χ2v) is 6.06. The Morgan fingerprint density at radius 2 is 2.08 bits per heavy atom. The molecule has 124 valence electrons. The number of carbonyl (C=O) groups excluding carboxylic acids is 1. The molecule has 2 aromatic carbocycles. The highest BCUT2D eigenvalue weighted by Crippen LogP contribution is 2.20. The largest absolute Gasteiger partial charge is 0.325 e. The van der Waals surface area contributed by atoms with Crippen LogP contribution < -0.4 is 5.32 Å². The molecule has 1 amide bonds. The number of halogens is 1. The van der Waals surface area contributed by atoms with Crippen molar-refractivity contribution in [1.29, 1.82) is 5.26 Å². The van der Waals surface area contributed by atoms with Gasteiger partial charge in [-0.3, -0.25) is 9.69 Å². The predicted octanol–water partition coefficient (Wildman–Crippen LogP) is 3.98. The Bertz CT molecular complexity index is 767. The lowest BCUT2D eigenvalue weighted by molar-refractivity contribution is -0.117. The van der Waals surface area contributed by atoms with E-state index in [1.807, 2.05) is 43.0 Å². The quantitative estimate of drug-likeness (QED) is 0.864. The fourth-order valence-electron chi connectivity index (χ4n) is 2.40. The molecule has 0 aliphatic carbocycles. The second kappa shape index (κ2) is 8.49. The van der Waals surface area contributed by atoms with Gasteiger partial charge in [0, 0.05) is 17.3 Å². The normalized spacial score (nSPS) is 10.5. The van der Waals surface area contributed by atoms with Gasteiger partial charge in [-0.15, -0.1) is 0 Å². The summed E-state index contributed by atoms with van der Waals surface area (Å²) in [4.78, 5) is 14.3. The molecule has 24 heavy (non-hydrogen) atoms. The standard InChI is InChI=1S/C19H20ClN3O/c1-3-23(12-16-6-4-5-15(9-16)11-21)13-19(24)22-18-10-17(20)8-7-14(18)2/h4-10H,3,12-13H2,1-2H3,(H,22,24). The van der Waals surface area contributed by atoms with Gasteiger partial charge in [-0.1, -0.05) is 36.7 Å². The average Bonchev–Trinajstić information content (AvgIpc) is 2.57. The lowest BCUT2D eigenvalue weighted by atomic mass is 10.1. The molecule has 0 radical (unpaired) electrons. The first kappa shape index (κ1) is 18.0. The number of aryl methyl sites for hydroxylation is 1. The van der Waals surface area contributed by atoms with Crippen molar-refractivity contribution in [2.75, 3.05) is 18.4 Å². The van der Waals surface area contributed by atoms with Gasteiger partial charge >= 0.3 is 0 Å². The lowest BCUT2D eigenvalue weighted by Crippen LogP contribution is -2.32. The first-order chi connectivity index (χ1) is 11.5. The minimum absolute atomic E-state index is 0.0846. The number of likely N-dealkylation sites (N-methyl/N-ethyl adjacent to an activating group) is 1. The molecule has 0 aromatic heterocycles. The van der Waals surface area contributed by atoms with Crippen molar-refractivity contribution in [2.24, 2.45) is 0 Å². The molecule has 4 nitrogen and oxygen atoms in total. The third kappa shape index (κ3) is 5.09. The van der Waals surface area contributed by atoms with Crippen molar-refractivity contribution in [3.63, 3.8) is 0 Å². The van der Waals surface area contributed by atoms with Gasteiger partial charge in [0.2, 0.25) is 5.91 Å². The molecule has 2 rings (SSSR count). The van der Waals surface area contributed by atoms with Crippen molar-refractivity contribution in [3.8, 4) is 6.07 Å². The van der Waals surface area contributed by atoms with E-state index in [4.69, 9.17) is 16.9 Å². The van der Waals surface area contributed by atoms with E-state index in [0.29, 0.717) is 17.1 Å². The number of carbonyl (C=O) groups is 1. The molecule has 0 fully saturated rings. The van der Waals surface area contributed by atoms with E-state index in [9.17, 15) is 4.79 Å². The van der Waals surface area contributed by atoms with Crippen LogP contribution in [0.3, 0.4) is 0 Å². The second-order valence-electron chi connectivity index (χ2n) is 5.62. The maximum atomic E-state index is 12.3. The minimum Gasteiger partial charge on any atom is -0.325 e. The van der Waals surface area contributed by atoms with E-state index in [1.54, 1.807) is 18.2 Å². The maximum Gasteiger partial charge on any atom is 0.238 e. The molecule has 1 N–H and O–H groups in total. The third-order valence-corrected chi connectivity index (χ3v) is 3.99. The molecule has 0 heterocycles. The number of nitrogens with zero attached hydrogens (tertiary/aromatic N) is 2. The lowest BCUT2D eigenvalue weighted by Gasteiger charge is -2.20. The molecule has 0 atom stereocenters. The van der Waals surface area contributed by atoms with E-state index in [0.717, 1.165) is 23.4 Å². The van der Waals surface area contributed by atoms with Crippen molar-refractivity contribution in [3.05, 3.63) is 64.2 Å². The van der Waals surface area contributed by atoms with E-state index in [-0.39, 0.29) is 12.5 Å². The summed E-state index contributed by atoms with van der Waals surface area (Å²) in [5, 5.41) is 12.5. The SMILES string of the molecule is CCN(CC(=O)Nc1cc(Cl)ccc1C)Cc1cccc(C#N)c1. The number of nitrogens with one attached hydrogen (secondary N) is 1. The van der Waals surface area contributed by atoms with Crippen LogP contribution in [0.4, 0.5) is 5.69 Å². The Morgan fingerprint density at radius 1 is 1.29 bits per heavy atom. The number of nitriles is 1. The summed E-state index contributed by atoms with van der Waals surface area (Å²) in [6.07, 6.45) is 0. The number of amides is 1. The molecule has 0 saturated heterocycles. The summed E-state index contributed by atoms with van der Waals surface area (Å²) in [5.41, 5.74) is 3.35. The Kier molecular flexibility index (Phi) is 6.36. The molecular formula is C19H20ClN3O. The first-order valence-corrected chi connectivity index (χ1v) is 8.17. The van der Waals surface area contributed by atoms with Crippen molar-refractivity contribution in [2.45, 2.75) is 20.4 Å². The Morgan fingerprint density at radius 3 is 2.79 bits per heavy atom. The molecular weight excluding hydrogens is 322 g/mol. The van der Waals surface area contributed by atoms with Crippen LogP contribution in [0.25, 0.3) is 0 Å². The monoisotopic (exact) mass is 341 g/mol. The molecule has 0 aliphatic heterocycles. The first-order valence-electron chi connectivity index (χ1n) is 7.79. The highest BCUT2D eigenvalue weighted by Gasteiger charge is 2.11. The Labute approximate surface area is 147 Å².